The summed E-state index contributed by atoms with van der Waals surface area (Å²) in [4.78, 5) is 12.0. The SMILES string of the molecule is CC/C(=N/NC(=O)CNc1cccc(OC)c1)c1ccc(OC)cc1. The first-order valence-corrected chi connectivity index (χ1v) is 8.04. The quantitative estimate of drug-likeness (QED) is 0.572. The minimum Gasteiger partial charge on any atom is -0.497 e. The number of rotatable bonds is 8. The molecule has 0 fully saturated rings. The molecule has 0 heterocycles. The van der Waals surface area contributed by atoms with E-state index < -0.39 is 0 Å². The summed E-state index contributed by atoms with van der Waals surface area (Å²) in [6, 6.07) is 15.0. The highest BCUT2D eigenvalue weighted by atomic mass is 16.5. The average molecular weight is 341 g/mol. The van der Waals surface area contributed by atoms with E-state index in [9.17, 15) is 4.79 Å². The van der Waals surface area contributed by atoms with Crippen molar-refractivity contribution in [3.05, 3.63) is 54.1 Å². The van der Waals surface area contributed by atoms with Gasteiger partial charge in [0.25, 0.3) is 5.91 Å². The Morgan fingerprint density at radius 1 is 1.04 bits per heavy atom. The molecule has 2 aromatic rings. The van der Waals surface area contributed by atoms with Gasteiger partial charge in [-0.1, -0.05) is 13.0 Å². The van der Waals surface area contributed by atoms with Gasteiger partial charge in [0.2, 0.25) is 0 Å². The number of hydrogen-bond acceptors (Lipinski definition) is 5. The maximum Gasteiger partial charge on any atom is 0.259 e. The van der Waals surface area contributed by atoms with Crippen LogP contribution < -0.4 is 20.2 Å². The van der Waals surface area contributed by atoms with Gasteiger partial charge in [-0.2, -0.15) is 5.10 Å². The number of carbonyl (C=O) groups is 1. The normalized spacial score (nSPS) is 10.9. The molecule has 0 atom stereocenters. The largest absolute Gasteiger partial charge is 0.497 e. The molecule has 0 aromatic heterocycles. The van der Waals surface area contributed by atoms with Crippen molar-refractivity contribution in [2.45, 2.75) is 13.3 Å². The molecule has 0 bridgehead atoms. The Kier molecular flexibility index (Phi) is 6.83. The van der Waals surface area contributed by atoms with Crippen molar-refractivity contribution in [3.63, 3.8) is 0 Å². The third-order valence-corrected chi connectivity index (χ3v) is 3.60. The van der Waals surface area contributed by atoms with Crippen molar-refractivity contribution in [3.8, 4) is 11.5 Å². The summed E-state index contributed by atoms with van der Waals surface area (Å²) in [5, 5.41) is 7.26. The fraction of sp³-hybridized carbons (Fsp3) is 0.263. The van der Waals surface area contributed by atoms with Crippen LogP contribution in [0.5, 0.6) is 11.5 Å². The first-order chi connectivity index (χ1) is 12.2. The Hall–Kier alpha value is -3.02. The van der Waals surface area contributed by atoms with Gasteiger partial charge in [-0.15, -0.1) is 0 Å². The number of amides is 1. The number of carbonyl (C=O) groups excluding carboxylic acids is 1. The lowest BCUT2D eigenvalue weighted by Crippen LogP contribution is -2.27. The van der Waals surface area contributed by atoms with Crippen LogP contribution in [0.2, 0.25) is 0 Å². The summed E-state index contributed by atoms with van der Waals surface area (Å²) in [6.45, 7) is 2.11. The van der Waals surface area contributed by atoms with Crippen LogP contribution in [0.1, 0.15) is 18.9 Å². The van der Waals surface area contributed by atoms with Gasteiger partial charge in [-0.05, 0) is 48.4 Å². The van der Waals surface area contributed by atoms with E-state index in [0.29, 0.717) is 6.42 Å². The van der Waals surface area contributed by atoms with Crippen LogP contribution >= 0.6 is 0 Å². The number of methoxy groups -OCH3 is 2. The molecule has 6 heteroatoms. The molecule has 0 saturated heterocycles. The molecule has 0 aliphatic heterocycles. The molecular formula is C19H23N3O3. The molecule has 25 heavy (non-hydrogen) atoms. The molecule has 0 aliphatic rings. The topological polar surface area (TPSA) is 72.0 Å². The van der Waals surface area contributed by atoms with Crippen LogP contribution in [-0.2, 0) is 4.79 Å². The third-order valence-electron chi connectivity index (χ3n) is 3.60. The molecule has 1 amide bonds. The summed E-state index contributed by atoms with van der Waals surface area (Å²) in [6.07, 6.45) is 0.704. The first-order valence-electron chi connectivity index (χ1n) is 8.04. The molecular weight excluding hydrogens is 318 g/mol. The Bertz CT molecular complexity index is 727. The van der Waals surface area contributed by atoms with Crippen LogP contribution in [0.25, 0.3) is 0 Å². The van der Waals surface area contributed by atoms with Crippen LogP contribution in [0.3, 0.4) is 0 Å². The highest BCUT2D eigenvalue weighted by molar-refractivity contribution is 6.01. The number of nitrogens with zero attached hydrogens (tertiary/aromatic N) is 1. The third kappa shape index (κ3) is 5.53. The van der Waals surface area contributed by atoms with Gasteiger partial charge in [-0.3, -0.25) is 4.79 Å². The van der Waals surface area contributed by atoms with Gasteiger partial charge in [0.05, 0.1) is 26.5 Å². The average Bonchev–Trinajstić information content (AvgIpc) is 2.67. The predicted molar refractivity (Wildman–Crippen MR) is 99.4 cm³/mol. The van der Waals surface area contributed by atoms with Gasteiger partial charge in [-0.25, -0.2) is 5.43 Å². The second-order valence-corrected chi connectivity index (χ2v) is 5.26. The minimum absolute atomic E-state index is 0.121. The molecule has 0 aliphatic carbocycles. The molecule has 0 saturated carbocycles. The molecule has 132 valence electrons. The van der Waals surface area contributed by atoms with Crippen LogP contribution in [0.15, 0.2) is 53.6 Å². The molecule has 6 nitrogen and oxygen atoms in total. The van der Waals surface area contributed by atoms with E-state index in [1.165, 1.54) is 0 Å². The zero-order chi connectivity index (χ0) is 18.1. The van der Waals surface area contributed by atoms with Gasteiger partial charge in [0, 0.05) is 11.8 Å². The van der Waals surface area contributed by atoms with E-state index in [-0.39, 0.29) is 12.5 Å². The van der Waals surface area contributed by atoms with Gasteiger partial charge in [0.15, 0.2) is 0 Å². The maximum absolute atomic E-state index is 12.0. The van der Waals surface area contributed by atoms with Crippen LogP contribution in [0, 0.1) is 0 Å². The lowest BCUT2D eigenvalue weighted by atomic mass is 10.1. The summed E-state index contributed by atoms with van der Waals surface area (Å²) in [5.41, 5.74) is 5.14. The Morgan fingerprint density at radius 3 is 2.40 bits per heavy atom. The maximum atomic E-state index is 12.0. The van der Waals surface area contributed by atoms with Crippen LogP contribution in [0.4, 0.5) is 5.69 Å². The monoisotopic (exact) mass is 341 g/mol. The molecule has 0 spiro atoms. The predicted octanol–water partition coefficient (Wildman–Crippen LogP) is 3.05. The zero-order valence-electron chi connectivity index (χ0n) is 14.7. The number of anilines is 1. The van der Waals surface area contributed by atoms with Gasteiger partial charge < -0.3 is 14.8 Å². The molecule has 2 aromatic carbocycles. The van der Waals surface area contributed by atoms with Crippen molar-refractivity contribution < 1.29 is 14.3 Å². The number of ether oxygens (including phenoxy) is 2. The lowest BCUT2D eigenvalue weighted by molar-refractivity contribution is -0.119. The fourth-order valence-corrected chi connectivity index (χ4v) is 2.22. The number of nitrogens with one attached hydrogen (secondary N) is 2. The second kappa shape index (κ2) is 9.32. The van der Waals surface area contributed by atoms with Crippen molar-refractivity contribution in [2.75, 3.05) is 26.1 Å². The number of hydrogen-bond donors (Lipinski definition) is 2. The second-order valence-electron chi connectivity index (χ2n) is 5.26. The summed E-state index contributed by atoms with van der Waals surface area (Å²) in [7, 11) is 3.23. The van der Waals surface area contributed by atoms with E-state index in [1.54, 1.807) is 14.2 Å². The molecule has 0 unspecified atom stereocenters. The fourth-order valence-electron chi connectivity index (χ4n) is 2.22. The minimum atomic E-state index is -0.220. The summed E-state index contributed by atoms with van der Waals surface area (Å²) < 4.78 is 10.3. The lowest BCUT2D eigenvalue weighted by Gasteiger charge is -2.08. The van der Waals surface area contributed by atoms with E-state index in [4.69, 9.17) is 9.47 Å². The Labute approximate surface area is 147 Å². The van der Waals surface area contributed by atoms with Gasteiger partial charge >= 0.3 is 0 Å². The Morgan fingerprint density at radius 2 is 1.76 bits per heavy atom. The highest BCUT2D eigenvalue weighted by Gasteiger charge is 2.05. The van der Waals surface area contributed by atoms with Crippen molar-refractivity contribution in [1.82, 2.24) is 5.43 Å². The Balaban J connectivity index is 1.92. The van der Waals surface area contributed by atoms with E-state index in [0.717, 1.165) is 28.5 Å². The molecule has 2 rings (SSSR count). The van der Waals surface area contributed by atoms with E-state index in [1.807, 2.05) is 55.5 Å². The van der Waals surface area contributed by atoms with E-state index >= 15 is 0 Å². The van der Waals surface area contributed by atoms with Crippen LogP contribution in [-0.4, -0.2) is 32.4 Å². The molecule has 0 radical (unpaired) electrons. The smallest absolute Gasteiger partial charge is 0.259 e. The molecule has 2 N–H and O–H groups in total. The number of hydrazone groups is 1. The van der Waals surface area contributed by atoms with E-state index in [2.05, 4.69) is 15.8 Å². The zero-order valence-corrected chi connectivity index (χ0v) is 14.7. The highest BCUT2D eigenvalue weighted by Crippen LogP contribution is 2.16. The summed E-state index contributed by atoms with van der Waals surface area (Å²) >= 11 is 0. The standard InChI is InChI=1S/C19H23N3O3/c1-4-18(14-8-10-16(24-2)11-9-14)21-22-19(23)13-20-15-6-5-7-17(12-15)25-3/h5-12,20H,4,13H2,1-3H3,(H,22,23)/b21-18-. The van der Waals surface area contributed by atoms with Crippen molar-refractivity contribution >= 4 is 17.3 Å². The first kappa shape index (κ1) is 18.3. The van der Waals surface area contributed by atoms with Crippen molar-refractivity contribution in [2.24, 2.45) is 5.10 Å². The summed E-state index contributed by atoms with van der Waals surface area (Å²) in [5.74, 6) is 1.30. The number of benzene rings is 2. The van der Waals surface area contributed by atoms with Crippen molar-refractivity contribution in [1.29, 1.82) is 0 Å². The van der Waals surface area contributed by atoms with Gasteiger partial charge in [0.1, 0.15) is 11.5 Å².